The molecule has 1 heterocycles. The molecule has 1 unspecified atom stereocenters. The lowest BCUT2D eigenvalue weighted by Crippen LogP contribution is -2.20. The lowest BCUT2D eigenvalue weighted by Gasteiger charge is -2.14. The summed E-state index contributed by atoms with van der Waals surface area (Å²) in [5.41, 5.74) is -0.0514. The van der Waals surface area contributed by atoms with Crippen molar-refractivity contribution in [2.45, 2.75) is 45.1 Å². The first-order chi connectivity index (χ1) is 8.69. The van der Waals surface area contributed by atoms with Crippen LogP contribution in [0.4, 0.5) is 5.82 Å². The Balaban J connectivity index is 1.93. The van der Waals surface area contributed by atoms with E-state index in [1.54, 1.807) is 6.07 Å². The van der Waals surface area contributed by atoms with E-state index in [2.05, 4.69) is 29.1 Å². The molecule has 0 amide bonds. The normalized spacial score (nSPS) is 16.6. The summed E-state index contributed by atoms with van der Waals surface area (Å²) in [5.74, 6) is 4.34. The van der Waals surface area contributed by atoms with E-state index in [1.807, 2.05) is 11.8 Å². The number of nitrogens with one attached hydrogen (secondary N) is 2. The van der Waals surface area contributed by atoms with Crippen LogP contribution in [0.5, 0.6) is 0 Å². The fourth-order valence-corrected chi connectivity index (χ4v) is 2.64. The summed E-state index contributed by atoms with van der Waals surface area (Å²) in [6.45, 7) is 4.30. The number of hydrogen-bond donors (Lipinski definition) is 2. The number of H-pyrrole nitrogens is 1. The molecule has 1 aromatic rings. The minimum atomic E-state index is -0.0514. The zero-order chi connectivity index (χ0) is 13.0. The SMILES string of the molecule is CCSCCC(C)Nc1cc(=O)[nH]c(C2CC2)n1. The van der Waals surface area contributed by atoms with Crippen molar-refractivity contribution < 1.29 is 0 Å². The van der Waals surface area contributed by atoms with Crippen molar-refractivity contribution in [3.05, 3.63) is 22.2 Å². The summed E-state index contributed by atoms with van der Waals surface area (Å²) in [4.78, 5) is 18.9. The van der Waals surface area contributed by atoms with Crippen LogP contribution < -0.4 is 10.9 Å². The predicted molar refractivity (Wildman–Crippen MR) is 77.5 cm³/mol. The Kier molecular flexibility index (Phi) is 4.69. The molecule has 0 saturated heterocycles. The lowest BCUT2D eigenvalue weighted by atomic mass is 10.2. The minimum absolute atomic E-state index is 0.0514. The summed E-state index contributed by atoms with van der Waals surface area (Å²) in [6.07, 6.45) is 3.38. The maximum atomic E-state index is 11.5. The summed E-state index contributed by atoms with van der Waals surface area (Å²) in [6, 6.07) is 1.90. The third-order valence-corrected chi connectivity index (χ3v) is 3.95. The highest BCUT2D eigenvalue weighted by Crippen LogP contribution is 2.37. The number of thioether (sulfide) groups is 1. The average Bonchev–Trinajstić information content (AvgIpc) is 3.12. The Morgan fingerprint density at radius 3 is 3.06 bits per heavy atom. The van der Waals surface area contributed by atoms with Gasteiger partial charge in [0.15, 0.2) is 0 Å². The molecule has 0 radical (unpaired) electrons. The third kappa shape index (κ3) is 4.05. The van der Waals surface area contributed by atoms with E-state index in [4.69, 9.17) is 0 Å². The van der Waals surface area contributed by atoms with E-state index in [0.717, 1.165) is 42.4 Å². The highest BCUT2D eigenvalue weighted by Gasteiger charge is 2.26. The van der Waals surface area contributed by atoms with Crippen molar-refractivity contribution in [2.24, 2.45) is 0 Å². The summed E-state index contributed by atoms with van der Waals surface area (Å²) in [5, 5.41) is 3.32. The van der Waals surface area contributed by atoms with Crippen molar-refractivity contribution in [2.75, 3.05) is 16.8 Å². The molecule has 0 bridgehead atoms. The standard InChI is InChI=1S/C13H21N3OS/c1-3-18-7-6-9(2)14-11-8-12(17)16-13(15-11)10-4-5-10/h8-10H,3-7H2,1-2H3,(H2,14,15,16,17). The van der Waals surface area contributed by atoms with Crippen LogP contribution in [0.25, 0.3) is 0 Å². The second-order valence-corrected chi connectivity index (χ2v) is 6.21. The van der Waals surface area contributed by atoms with Crippen molar-refractivity contribution >= 4 is 17.6 Å². The fraction of sp³-hybridized carbons (Fsp3) is 0.692. The van der Waals surface area contributed by atoms with Crippen molar-refractivity contribution in [3.63, 3.8) is 0 Å². The van der Waals surface area contributed by atoms with Crippen LogP contribution in [0.15, 0.2) is 10.9 Å². The minimum Gasteiger partial charge on any atom is -0.367 e. The monoisotopic (exact) mass is 267 g/mol. The van der Waals surface area contributed by atoms with E-state index in [-0.39, 0.29) is 5.56 Å². The molecule has 1 atom stereocenters. The average molecular weight is 267 g/mol. The molecule has 2 N–H and O–H groups in total. The second-order valence-electron chi connectivity index (χ2n) is 4.82. The summed E-state index contributed by atoms with van der Waals surface area (Å²) < 4.78 is 0. The molecule has 5 heteroatoms. The second kappa shape index (κ2) is 6.27. The van der Waals surface area contributed by atoms with Crippen LogP contribution in [0.3, 0.4) is 0 Å². The van der Waals surface area contributed by atoms with E-state index in [1.165, 1.54) is 0 Å². The van der Waals surface area contributed by atoms with Crippen LogP contribution in [-0.2, 0) is 0 Å². The van der Waals surface area contributed by atoms with Gasteiger partial charge >= 0.3 is 0 Å². The van der Waals surface area contributed by atoms with Crippen molar-refractivity contribution in [1.29, 1.82) is 0 Å². The molecule has 1 saturated carbocycles. The van der Waals surface area contributed by atoms with E-state index < -0.39 is 0 Å². The quantitative estimate of drug-likeness (QED) is 0.746. The molecule has 1 fully saturated rings. The van der Waals surface area contributed by atoms with Gasteiger partial charge in [-0.1, -0.05) is 6.92 Å². The first-order valence-electron chi connectivity index (χ1n) is 6.64. The Bertz CT molecular complexity index is 442. The van der Waals surface area contributed by atoms with Crippen LogP contribution in [0.2, 0.25) is 0 Å². The topological polar surface area (TPSA) is 57.8 Å². The highest BCUT2D eigenvalue weighted by atomic mass is 32.2. The van der Waals surface area contributed by atoms with Gasteiger partial charge in [-0.25, -0.2) is 4.98 Å². The number of aromatic amines is 1. The van der Waals surface area contributed by atoms with Gasteiger partial charge in [-0.2, -0.15) is 11.8 Å². The zero-order valence-corrected chi connectivity index (χ0v) is 11.8. The van der Waals surface area contributed by atoms with E-state index in [9.17, 15) is 4.79 Å². The van der Waals surface area contributed by atoms with Gasteiger partial charge < -0.3 is 10.3 Å². The number of rotatable bonds is 7. The molecule has 1 aromatic heterocycles. The van der Waals surface area contributed by atoms with Gasteiger partial charge in [-0.05, 0) is 37.7 Å². The molecular weight excluding hydrogens is 246 g/mol. The van der Waals surface area contributed by atoms with Gasteiger partial charge in [0.25, 0.3) is 5.56 Å². The Hall–Kier alpha value is -0.970. The third-order valence-electron chi connectivity index (χ3n) is 3.02. The molecule has 18 heavy (non-hydrogen) atoms. The lowest BCUT2D eigenvalue weighted by molar-refractivity contribution is 0.760. The Morgan fingerprint density at radius 1 is 1.61 bits per heavy atom. The molecule has 100 valence electrons. The maximum absolute atomic E-state index is 11.5. The summed E-state index contributed by atoms with van der Waals surface area (Å²) in [7, 11) is 0. The number of aromatic nitrogens is 2. The zero-order valence-electron chi connectivity index (χ0n) is 11.0. The number of anilines is 1. The van der Waals surface area contributed by atoms with E-state index in [0.29, 0.717) is 12.0 Å². The summed E-state index contributed by atoms with van der Waals surface area (Å²) >= 11 is 1.94. The van der Waals surface area contributed by atoms with Crippen molar-refractivity contribution in [3.8, 4) is 0 Å². The van der Waals surface area contributed by atoms with Gasteiger partial charge in [-0.15, -0.1) is 0 Å². The van der Waals surface area contributed by atoms with Crippen LogP contribution >= 0.6 is 11.8 Å². The number of hydrogen-bond acceptors (Lipinski definition) is 4. The van der Waals surface area contributed by atoms with Gasteiger partial charge in [0, 0.05) is 18.0 Å². The molecule has 0 aliphatic heterocycles. The first kappa shape index (κ1) is 13.5. The highest BCUT2D eigenvalue weighted by molar-refractivity contribution is 7.99. The maximum Gasteiger partial charge on any atom is 0.252 e. The molecule has 2 rings (SSSR count). The van der Waals surface area contributed by atoms with Crippen LogP contribution in [0, 0.1) is 0 Å². The van der Waals surface area contributed by atoms with Gasteiger partial charge in [0.1, 0.15) is 11.6 Å². The molecule has 1 aliphatic carbocycles. The molecular formula is C13H21N3OS. The predicted octanol–water partition coefficient (Wildman–Crippen LogP) is 2.59. The smallest absolute Gasteiger partial charge is 0.252 e. The van der Waals surface area contributed by atoms with Crippen molar-refractivity contribution in [1.82, 2.24) is 9.97 Å². The molecule has 1 aliphatic rings. The fourth-order valence-electron chi connectivity index (χ4n) is 1.83. The van der Waals surface area contributed by atoms with Gasteiger partial charge in [0.05, 0.1) is 0 Å². The van der Waals surface area contributed by atoms with Gasteiger partial charge in [0.2, 0.25) is 0 Å². The first-order valence-corrected chi connectivity index (χ1v) is 7.80. The molecule has 4 nitrogen and oxygen atoms in total. The van der Waals surface area contributed by atoms with Crippen LogP contribution in [-0.4, -0.2) is 27.5 Å². The largest absolute Gasteiger partial charge is 0.367 e. The number of nitrogens with zero attached hydrogens (tertiary/aromatic N) is 1. The Labute approximate surface area is 112 Å². The van der Waals surface area contributed by atoms with Gasteiger partial charge in [-0.3, -0.25) is 4.79 Å². The molecule has 0 aromatic carbocycles. The van der Waals surface area contributed by atoms with Crippen LogP contribution in [0.1, 0.15) is 44.9 Å². The van der Waals surface area contributed by atoms with E-state index >= 15 is 0 Å². The molecule has 0 spiro atoms. The Morgan fingerprint density at radius 2 is 2.39 bits per heavy atom.